The van der Waals surface area contributed by atoms with Crippen molar-refractivity contribution in [3.63, 3.8) is 0 Å². The van der Waals surface area contributed by atoms with Crippen molar-refractivity contribution in [2.75, 3.05) is 6.54 Å². The molecule has 2 aromatic carbocycles. The predicted octanol–water partition coefficient (Wildman–Crippen LogP) is 5.20. The van der Waals surface area contributed by atoms with E-state index in [4.69, 9.17) is 16.3 Å². The number of allylic oxidation sites excluding steroid dienone is 2. The van der Waals surface area contributed by atoms with Crippen LogP contribution in [0, 0.1) is 11.8 Å². The Kier molecular flexibility index (Phi) is 7.45. The SMILES string of the molecule is CC1=CC[C@H]2C(=O)N(N(CC(=O)c3ccc(OC(=O)c4cccs4)cc3)C(=O)c3ccccc3Cl)C(=O)[C@H]2C1. The van der Waals surface area contributed by atoms with Gasteiger partial charge in [0, 0.05) is 5.56 Å². The van der Waals surface area contributed by atoms with Crippen LogP contribution in [-0.4, -0.2) is 46.0 Å². The number of carbonyl (C=O) groups is 5. The Morgan fingerprint density at radius 2 is 1.72 bits per heavy atom. The molecule has 1 aliphatic heterocycles. The van der Waals surface area contributed by atoms with E-state index in [2.05, 4.69) is 0 Å². The monoisotopic (exact) mass is 562 g/mol. The average Bonchev–Trinajstić information content (AvgIpc) is 3.55. The first kappa shape index (κ1) is 26.5. The van der Waals surface area contributed by atoms with Gasteiger partial charge in [-0.25, -0.2) is 9.80 Å². The topological polar surface area (TPSA) is 101 Å². The number of ether oxygens (including phenoxy) is 1. The van der Waals surface area contributed by atoms with E-state index in [1.807, 2.05) is 13.0 Å². The van der Waals surface area contributed by atoms with Gasteiger partial charge in [-0.15, -0.1) is 11.3 Å². The number of imide groups is 1. The van der Waals surface area contributed by atoms with Gasteiger partial charge >= 0.3 is 5.97 Å². The van der Waals surface area contributed by atoms with Crippen LogP contribution in [0.5, 0.6) is 5.75 Å². The van der Waals surface area contributed by atoms with Crippen molar-refractivity contribution in [1.82, 2.24) is 10.0 Å². The molecule has 1 aromatic heterocycles. The molecule has 3 aromatic rings. The number of hydrogen-bond acceptors (Lipinski definition) is 7. The first-order valence-electron chi connectivity index (χ1n) is 12.2. The van der Waals surface area contributed by atoms with Crippen molar-refractivity contribution in [1.29, 1.82) is 0 Å². The smallest absolute Gasteiger partial charge is 0.353 e. The van der Waals surface area contributed by atoms with Gasteiger partial charge in [0.2, 0.25) is 0 Å². The lowest BCUT2D eigenvalue weighted by Gasteiger charge is -2.30. The number of halogens is 1. The molecule has 2 aliphatic rings. The first-order chi connectivity index (χ1) is 18.7. The Morgan fingerprint density at radius 3 is 2.41 bits per heavy atom. The minimum Gasteiger partial charge on any atom is -0.422 e. The van der Waals surface area contributed by atoms with E-state index >= 15 is 0 Å². The van der Waals surface area contributed by atoms with Gasteiger partial charge in [0.25, 0.3) is 17.7 Å². The Morgan fingerprint density at radius 1 is 1.00 bits per heavy atom. The van der Waals surface area contributed by atoms with E-state index in [-0.39, 0.29) is 21.9 Å². The van der Waals surface area contributed by atoms with Crippen molar-refractivity contribution >= 4 is 52.4 Å². The summed E-state index contributed by atoms with van der Waals surface area (Å²) in [5.74, 6) is -3.73. The second-order valence-corrected chi connectivity index (χ2v) is 10.7. The Labute approximate surface area is 233 Å². The number of hydrogen-bond donors (Lipinski definition) is 0. The summed E-state index contributed by atoms with van der Waals surface area (Å²) >= 11 is 7.51. The summed E-state index contributed by atoms with van der Waals surface area (Å²) in [6.07, 6.45) is 2.73. The number of nitrogens with zero attached hydrogens (tertiary/aromatic N) is 2. The van der Waals surface area contributed by atoms with Crippen molar-refractivity contribution in [3.8, 4) is 5.75 Å². The van der Waals surface area contributed by atoms with Crippen molar-refractivity contribution in [2.45, 2.75) is 19.8 Å². The second-order valence-electron chi connectivity index (χ2n) is 9.35. The largest absolute Gasteiger partial charge is 0.422 e. The minimum absolute atomic E-state index is 0.0626. The Hall–Kier alpha value is -4.08. The molecule has 0 unspecified atom stereocenters. The molecule has 5 rings (SSSR count). The molecule has 1 aliphatic carbocycles. The molecule has 0 radical (unpaired) electrons. The standard InChI is InChI=1S/C29H23ClN2O6S/c1-17-8-13-20-22(15-17)28(36)32(27(20)35)31(26(34)21-5-2-3-6-23(21)30)16-24(33)18-9-11-19(12-10-18)38-29(37)25-7-4-14-39-25/h2-12,14,20,22H,13,15-16H2,1H3/t20-,22+/m1/s1. The Bertz CT molecular complexity index is 1500. The Balaban J connectivity index is 1.40. The number of hydrazine groups is 1. The molecule has 2 atom stereocenters. The van der Waals surface area contributed by atoms with E-state index < -0.39 is 47.9 Å². The summed E-state index contributed by atoms with van der Waals surface area (Å²) in [5, 5.41) is 3.61. The number of benzene rings is 2. The van der Waals surface area contributed by atoms with Crippen LogP contribution in [-0.2, 0) is 9.59 Å². The number of fused-ring (bicyclic) bond motifs is 1. The van der Waals surface area contributed by atoms with E-state index in [0.29, 0.717) is 17.7 Å². The molecule has 0 saturated carbocycles. The number of carbonyl (C=O) groups excluding carboxylic acids is 5. The minimum atomic E-state index is -0.736. The highest BCUT2D eigenvalue weighted by molar-refractivity contribution is 7.12. The third-order valence-corrected chi connectivity index (χ3v) is 7.96. The van der Waals surface area contributed by atoms with Gasteiger partial charge in [0.05, 0.1) is 22.4 Å². The number of rotatable bonds is 7. The lowest BCUT2D eigenvalue weighted by atomic mass is 9.82. The zero-order valence-corrected chi connectivity index (χ0v) is 22.4. The molecular weight excluding hydrogens is 540 g/mol. The number of amides is 3. The predicted molar refractivity (Wildman–Crippen MR) is 144 cm³/mol. The van der Waals surface area contributed by atoms with Gasteiger partial charge in [-0.3, -0.25) is 19.2 Å². The van der Waals surface area contributed by atoms with Crippen LogP contribution in [0.15, 0.2) is 77.7 Å². The molecule has 1 fully saturated rings. The summed E-state index contributed by atoms with van der Waals surface area (Å²) in [4.78, 5) is 66.4. The fourth-order valence-corrected chi connectivity index (χ4v) is 5.57. The molecule has 198 valence electrons. The van der Waals surface area contributed by atoms with Crippen molar-refractivity contribution < 1.29 is 28.7 Å². The number of esters is 1. The lowest BCUT2D eigenvalue weighted by Crippen LogP contribution is -2.52. The third-order valence-electron chi connectivity index (χ3n) is 6.78. The van der Waals surface area contributed by atoms with Crippen molar-refractivity contribution in [2.24, 2.45) is 11.8 Å². The highest BCUT2D eigenvalue weighted by Gasteiger charge is 2.51. The van der Waals surface area contributed by atoms with Crippen molar-refractivity contribution in [3.05, 3.63) is 98.7 Å². The van der Waals surface area contributed by atoms with Gasteiger partial charge < -0.3 is 4.74 Å². The van der Waals surface area contributed by atoms with Crippen LogP contribution in [0.1, 0.15) is 50.2 Å². The molecule has 0 bridgehead atoms. The highest BCUT2D eigenvalue weighted by Crippen LogP contribution is 2.39. The van der Waals surface area contributed by atoms with E-state index in [1.54, 1.807) is 29.6 Å². The number of ketones is 1. The fraction of sp³-hybridized carbons (Fsp3) is 0.207. The maximum Gasteiger partial charge on any atom is 0.353 e. The highest BCUT2D eigenvalue weighted by atomic mass is 35.5. The van der Waals surface area contributed by atoms with Crippen LogP contribution >= 0.6 is 22.9 Å². The second kappa shape index (κ2) is 11.0. The molecule has 3 amide bonds. The fourth-order valence-electron chi connectivity index (χ4n) is 4.75. The maximum absolute atomic E-state index is 13.6. The zero-order valence-electron chi connectivity index (χ0n) is 20.8. The molecular formula is C29H23ClN2O6S. The maximum atomic E-state index is 13.6. The summed E-state index contributed by atoms with van der Waals surface area (Å²) in [5.41, 5.74) is 1.27. The van der Waals surface area contributed by atoms with E-state index in [9.17, 15) is 24.0 Å². The summed E-state index contributed by atoms with van der Waals surface area (Å²) in [7, 11) is 0. The summed E-state index contributed by atoms with van der Waals surface area (Å²) in [6.45, 7) is 1.33. The van der Waals surface area contributed by atoms with E-state index in [0.717, 1.165) is 15.6 Å². The van der Waals surface area contributed by atoms with Crippen LogP contribution in [0.2, 0.25) is 5.02 Å². The van der Waals surface area contributed by atoms with E-state index in [1.165, 1.54) is 47.7 Å². The van der Waals surface area contributed by atoms with Gasteiger partial charge in [-0.1, -0.05) is 41.4 Å². The van der Waals surface area contributed by atoms with Crippen LogP contribution < -0.4 is 4.74 Å². The summed E-state index contributed by atoms with van der Waals surface area (Å²) in [6, 6.07) is 15.5. The van der Waals surface area contributed by atoms with Crippen LogP contribution in [0.3, 0.4) is 0 Å². The summed E-state index contributed by atoms with van der Waals surface area (Å²) < 4.78 is 5.33. The molecule has 1 saturated heterocycles. The average molecular weight is 563 g/mol. The molecule has 2 heterocycles. The van der Waals surface area contributed by atoms with Gasteiger partial charge in [0.15, 0.2) is 5.78 Å². The molecule has 39 heavy (non-hydrogen) atoms. The van der Waals surface area contributed by atoms with Crippen LogP contribution in [0.25, 0.3) is 0 Å². The molecule has 0 spiro atoms. The normalized spacial score (nSPS) is 18.4. The third kappa shape index (κ3) is 5.28. The zero-order chi connectivity index (χ0) is 27.7. The lowest BCUT2D eigenvalue weighted by molar-refractivity contribution is -0.154. The molecule has 10 heteroatoms. The molecule has 8 nitrogen and oxygen atoms in total. The first-order valence-corrected chi connectivity index (χ1v) is 13.5. The number of thiophene rings is 1. The quantitative estimate of drug-likeness (QED) is 0.129. The van der Waals surface area contributed by atoms with Crippen LogP contribution in [0.4, 0.5) is 0 Å². The molecule has 0 N–H and O–H groups in total. The number of Topliss-reactive ketones (excluding diaryl/α,β-unsaturated/α-hetero) is 1. The van der Waals surface area contributed by atoms with Gasteiger partial charge in [-0.05, 0) is 67.6 Å². The van der Waals surface area contributed by atoms with Gasteiger partial charge in [0.1, 0.15) is 17.2 Å². The van der Waals surface area contributed by atoms with Gasteiger partial charge in [-0.2, -0.15) is 5.01 Å².